The van der Waals surface area contributed by atoms with Crippen molar-refractivity contribution in [1.82, 2.24) is 0 Å². The fourth-order valence-corrected chi connectivity index (χ4v) is 0. The molecule has 0 radical (unpaired) electrons. The van der Waals surface area contributed by atoms with Crippen LogP contribution in [0.1, 0.15) is 0 Å². The highest BCUT2D eigenvalue weighted by atomic mass is 35.5. The monoisotopic (exact) mass is 211 g/mol. The second-order valence-corrected chi connectivity index (χ2v) is 2.68. The van der Waals surface area contributed by atoms with E-state index in [9.17, 15) is 0 Å². The molecule has 0 fully saturated rings. The van der Waals surface area contributed by atoms with Crippen LogP contribution in [0.5, 0.6) is 0 Å². The zero-order valence-electron chi connectivity index (χ0n) is 4.11. The van der Waals surface area contributed by atoms with Gasteiger partial charge in [0.05, 0.1) is 5.88 Å². The molecule has 0 saturated heterocycles. The zero-order chi connectivity index (χ0) is 7.86. The summed E-state index contributed by atoms with van der Waals surface area (Å²) in [7, 11) is 0. The summed E-state index contributed by atoms with van der Waals surface area (Å²) < 4.78 is 0. The number of hydrogen-bond acceptors (Lipinski definition) is 2. The van der Waals surface area contributed by atoms with Gasteiger partial charge in [-0.1, -0.05) is 11.6 Å². The fraction of sp³-hybridized carbons (Fsp3) is 0.667. The molecular weight excluding hydrogens is 210 g/mol. The van der Waals surface area contributed by atoms with E-state index in [1.165, 1.54) is 0 Å². The van der Waals surface area contributed by atoms with E-state index in [4.69, 9.17) is 44.7 Å². The highest BCUT2D eigenvalue weighted by molar-refractivity contribution is 6.59. The Morgan fingerprint density at radius 2 is 1.67 bits per heavy atom. The lowest BCUT2D eigenvalue weighted by molar-refractivity contribution is -0.233. The van der Waals surface area contributed by atoms with Crippen molar-refractivity contribution in [2.45, 2.75) is 4.84 Å². The zero-order valence-corrected chi connectivity index (χ0v) is 7.14. The van der Waals surface area contributed by atoms with E-state index in [1.54, 1.807) is 0 Å². The Morgan fingerprint density at radius 3 is 1.67 bits per heavy atom. The lowest BCUT2D eigenvalue weighted by Gasteiger charge is -1.82. The molecule has 0 aliphatic rings. The van der Waals surface area contributed by atoms with Gasteiger partial charge in [-0.2, -0.15) is 0 Å². The van der Waals surface area contributed by atoms with Gasteiger partial charge in [0.15, 0.2) is 0 Å². The number of carbonyl (C=O) groups excluding carboxylic acids is 1. The number of hydrogen-bond donors (Lipinski definition) is 0. The molecule has 0 aliphatic carbocycles. The molecule has 2 nitrogen and oxygen atoms in total. The summed E-state index contributed by atoms with van der Waals surface area (Å²) >= 11 is 19.3. The van der Waals surface area contributed by atoms with Gasteiger partial charge >= 0.3 is 0 Å². The van der Waals surface area contributed by atoms with Crippen LogP contribution < -0.4 is 5.11 Å². The van der Waals surface area contributed by atoms with Crippen molar-refractivity contribution in [2.24, 2.45) is 0 Å². The van der Waals surface area contributed by atoms with Crippen LogP contribution in [0.2, 0.25) is 0 Å². The van der Waals surface area contributed by atoms with Gasteiger partial charge in [-0.25, -0.2) is 0 Å². The van der Waals surface area contributed by atoms with Crippen LogP contribution in [0.3, 0.4) is 0 Å². The summed E-state index contributed by atoms with van der Waals surface area (Å²) in [6.07, 6.45) is 0. The van der Waals surface area contributed by atoms with Crippen molar-refractivity contribution in [3.8, 4) is 0 Å². The van der Waals surface area contributed by atoms with Crippen LogP contribution >= 0.6 is 46.4 Å². The maximum absolute atomic E-state index is 8.65. The predicted molar refractivity (Wildman–Crippen MR) is 37.5 cm³/mol. The van der Waals surface area contributed by atoms with E-state index < -0.39 is 10.3 Å². The Bertz CT molecular complexity index is 70.2. The molecule has 0 aromatic heterocycles. The molecule has 0 saturated carbocycles. The first-order valence-corrected chi connectivity index (χ1v) is 3.49. The molecule has 0 spiro atoms. The second kappa shape index (κ2) is 8.63. The molecule has 0 aromatic carbocycles. The van der Waals surface area contributed by atoms with Crippen molar-refractivity contribution in [3.63, 3.8) is 0 Å². The Kier molecular flexibility index (Phi) is 11.8. The molecule has 56 valence electrons. The van der Waals surface area contributed by atoms with Crippen LogP contribution in [0.15, 0.2) is 0 Å². The van der Waals surface area contributed by atoms with Crippen LogP contribution in [0, 0.1) is 0 Å². The largest absolute Gasteiger partial charge is 0.534 e. The van der Waals surface area contributed by atoms with Gasteiger partial charge in [-0.3, -0.25) is 0 Å². The van der Waals surface area contributed by atoms with Gasteiger partial charge in [0.25, 0.3) is 0 Å². The molecule has 0 amide bonds. The average molecular weight is 213 g/mol. The lowest BCUT2D eigenvalue weighted by Crippen LogP contribution is -2.11. The molecular formula is C3H3Cl4O2-. The van der Waals surface area contributed by atoms with E-state index in [2.05, 4.69) is 11.6 Å². The smallest absolute Gasteiger partial charge is 0.134 e. The highest BCUT2D eigenvalue weighted by Crippen LogP contribution is 2.01. The third-order valence-corrected chi connectivity index (χ3v) is 1.05. The van der Waals surface area contributed by atoms with Gasteiger partial charge in [0.1, 0.15) is 10.3 Å². The highest BCUT2D eigenvalue weighted by Gasteiger charge is 1.88. The Balaban J connectivity index is 0. The van der Waals surface area contributed by atoms with E-state index in [0.29, 0.717) is 5.88 Å². The summed E-state index contributed by atoms with van der Waals surface area (Å²) in [4.78, 5) is 8.25. The first-order valence-electron chi connectivity index (χ1n) is 1.71. The summed E-state index contributed by atoms with van der Waals surface area (Å²) in [5, 5.41) is 8.65. The molecule has 0 rings (SSSR count). The fourth-order valence-electron chi connectivity index (χ4n) is 0. The van der Waals surface area contributed by atoms with Crippen LogP contribution in [0.4, 0.5) is 4.79 Å². The number of halogens is 4. The average Bonchev–Trinajstić information content (AvgIpc) is 1.65. The van der Waals surface area contributed by atoms with Crippen molar-refractivity contribution in [3.05, 3.63) is 0 Å². The van der Waals surface area contributed by atoms with E-state index in [0.717, 1.165) is 0 Å². The number of rotatable bonds is 1. The maximum atomic E-state index is 8.65. The first-order chi connectivity index (χ1) is 4.00. The van der Waals surface area contributed by atoms with Crippen molar-refractivity contribution < 1.29 is 9.90 Å². The minimum Gasteiger partial charge on any atom is -0.534 e. The molecule has 0 atom stereocenters. The summed E-state index contributed by atoms with van der Waals surface area (Å²) in [6.45, 7) is 0. The summed E-state index contributed by atoms with van der Waals surface area (Å²) in [5.74, 6) is 0.309. The number of carboxylic acid groups (broad SMARTS) is 1. The van der Waals surface area contributed by atoms with E-state index >= 15 is 0 Å². The molecule has 0 bridgehead atoms. The van der Waals surface area contributed by atoms with E-state index in [1.807, 2.05) is 0 Å². The van der Waals surface area contributed by atoms with Gasteiger partial charge in [-0.05, 0) is 0 Å². The summed E-state index contributed by atoms with van der Waals surface area (Å²) in [6, 6.07) is 0. The molecule has 0 aromatic rings. The molecule has 9 heavy (non-hydrogen) atoms. The molecule has 0 heterocycles. The van der Waals surface area contributed by atoms with Crippen molar-refractivity contribution >= 4 is 51.8 Å². The Labute approximate surface area is 72.6 Å². The normalized spacial score (nSPS) is 8.11. The van der Waals surface area contributed by atoms with Crippen LogP contribution in [-0.2, 0) is 0 Å². The van der Waals surface area contributed by atoms with E-state index in [-0.39, 0.29) is 0 Å². The third-order valence-electron chi connectivity index (χ3n) is 0.117. The molecule has 0 N–H and O–H groups in total. The standard InChI is InChI=1S/C2H3Cl3.CHClO2/c3-1-2(4)5;2-1(3)4/h2H,1H2;(H,3,4)/p-1. The quantitative estimate of drug-likeness (QED) is 0.490. The maximum Gasteiger partial charge on any atom is 0.134 e. The Morgan fingerprint density at radius 1 is 1.56 bits per heavy atom. The minimum atomic E-state index is -1.61. The SMILES string of the molecule is ClCC(Cl)Cl.O=C([O-])Cl. The topological polar surface area (TPSA) is 40.1 Å². The Hall–Kier alpha value is 0.630. The summed E-state index contributed by atoms with van der Waals surface area (Å²) in [5.41, 5.74) is -1.61. The van der Waals surface area contributed by atoms with Crippen LogP contribution in [-0.4, -0.2) is 16.1 Å². The van der Waals surface area contributed by atoms with Crippen LogP contribution in [0.25, 0.3) is 0 Å². The van der Waals surface area contributed by atoms with Gasteiger partial charge in [-0.15, -0.1) is 34.8 Å². The van der Waals surface area contributed by atoms with Gasteiger partial charge < -0.3 is 9.90 Å². The van der Waals surface area contributed by atoms with Crippen molar-refractivity contribution in [1.29, 1.82) is 0 Å². The number of alkyl halides is 3. The predicted octanol–water partition coefficient (Wildman–Crippen LogP) is 1.60. The van der Waals surface area contributed by atoms with Gasteiger partial charge in [0.2, 0.25) is 0 Å². The van der Waals surface area contributed by atoms with Crippen molar-refractivity contribution in [2.75, 3.05) is 5.88 Å². The lowest BCUT2D eigenvalue weighted by atomic mass is 10.9. The molecule has 6 heteroatoms. The van der Waals surface area contributed by atoms with Gasteiger partial charge in [0, 0.05) is 0 Å². The number of carbonyl (C=O) groups is 1. The molecule has 0 unspecified atom stereocenters. The second-order valence-electron chi connectivity index (χ2n) is 0.783. The minimum absolute atomic E-state index is 0.309. The third kappa shape index (κ3) is 54.8. The first kappa shape index (κ1) is 12.3. The molecule has 0 aliphatic heterocycles.